The van der Waals surface area contributed by atoms with Gasteiger partial charge >= 0.3 is 11.9 Å². The number of aliphatic carboxylic acids is 2. The van der Waals surface area contributed by atoms with E-state index in [1.807, 2.05) is 51.0 Å². The number of amides is 4. The molecule has 0 aliphatic heterocycles. The fraction of sp³-hybridized carbons (Fsp3) is 0.850. The minimum Gasteiger partial charge on any atom is -0.481 e. The lowest BCUT2D eigenvalue weighted by Gasteiger charge is -2.28. The van der Waals surface area contributed by atoms with E-state index >= 15 is 0 Å². The minimum absolute atomic E-state index is 0.0117. The van der Waals surface area contributed by atoms with Crippen LogP contribution in [0.15, 0.2) is 0 Å². The predicted molar refractivity (Wildman–Crippen MR) is 351 cm³/mol. The highest BCUT2D eigenvalue weighted by molar-refractivity contribution is 7.78. The Morgan fingerprint density at radius 3 is 1.45 bits per heavy atom. The van der Waals surface area contributed by atoms with Crippen LogP contribution in [0.1, 0.15) is 202 Å². The standard InChI is InChI=1S/C33H58N2O7.C13H26N2O6.C5H13N.C3H9N.C2H6N2OS.C2H6.CH3OP.CH4O/c36-25-17-18-29(33(41)42)35-32(40)28-23-21-27(22-24-28)26-34-30(37)19-15-13-11-9-7-5-3-1-2-4-6-8-10-12-14-16-20-31(38)39;1-14-2-5-18-10-11-21-12-13(17)15-3-6-19-8-9-20-7-4-16;1-3-4-5-6-2;1-3(2)4;3-2(5)1-4-6;1-2;2-1-3;1-2/h25,27-29H,1-24,26H2,(H,34,37)(H,35,40)(H,38,39)(H,41,42);4,14H,2-3,5-12H2,1H3,(H,15,17);6H,3-5H2,1-2H3;3H,4H2,1-2H3;4,6H,1H2,(H2,3,5);1-2H3;1H,3H2;2H,1H3. The van der Waals surface area contributed by atoms with E-state index in [0.29, 0.717) is 109 Å². The highest BCUT2D eigenvalue weighted by Gasteiger charge is 2.29. The lowest BCUT2D eigenvalue weighted by atomic mass is 9.81. The number of nitrogens with two attached hydrogens (primary N) is 2. The van der Waals surface area contributed by atoms with E-state index in [4.69, 9.17) is 39.7 Å². The first kappa shape index (κ1) is 95.9. The van der Waals surface area contributed by atoms with E-state index in [0.717, 1.165) is 65.1 Å². The van der Waals surface area contributed by atoms with Crippen molar-refractivity contribution < 1.29 is 77.4 Å². The van der Waals surface area contributed by atoms with Gasteiger partial charge in [-0.25, -0.2) is 4.79 Å². The molecule has 2 unspecified atom stereocenters. The number of ether oxygens (including phenoxy) is 4. The van der Waals surface area contributed by atoms with Crippen LogP contribution in [-0.4, -0.2) is 188 Å². The van der Waals surface area contributed by atoms with Crippen LogP contribution in [0.2, 0.25) is 0 Å². The van der Waals surface area contributed by atoms with E-state index < -0.39 is 23.9 Å². The second-order valence-electron chi connectivity index (χ2n) is 19.8. The van der Waals surface area contributed by atoms with E-state index in [2.05, 4.69) is 56.8 Å². The molecular formula is C60H125N8O16PS. The van der Waals surface area contributed by atoms with Crippen LogP contribution in [0.5, 0.6) is 0 Å². The number of nitrogens with one attached hydrogen (secondary N) is 6. The first-order valence-electron chi connectivity index (χ1n) is 31.2. The number of primary amides is 1. The van der Waals surface area contributed by atoms with Crippen molar-refractivity contribution in [3.05, 3.63) is 0 Å². The average molecular weight is 1280 g/mol. The van der Waals surface area contributed by atoms with Crippen molar-refractivity contribution in [3.8, 4) is 0 Å². The molecule has 1 rings (SSSR count). The topological polar surface area (TPSA) is 375 Å². The first-order valence-corrected chi connectivity index (χ1v) is 32.4. The zero-order chi connectivity index (χ0) is 66.5. The highest BCUT2D eigenvalue weighted by Crippen LogP contribution is 2.29. The van der Waals surface area contributed by atoms with Crippen LogP contribution in [0.3, 0.4) is 0 Å². The summed E-state index contributed by atoms with van der Waals surface area (Å²) >= 11 is 3.51. The van der Waals surface area contributed by atoms with Crippen molar-refractivity contribution in [2.45, 2.75) is 214 Å². The third kappa shape index (κ3) is 93.9. The van der Waals surface area contributed by atoms with Crippen LogP contribution >= 0.6 is 22.1 Å². The lowest BCUT2D eigenvalue weighted by molar-refractivity contribution is -0.143. The predicted octanol–water partition coefficient (Wildman–Crippen LogP) is 6.10. The van der Waals surface area contributed by atoms with Gasteiger partial charge in [0.15, 0.2) is 0 Å². The van der Waals surface area contributed by atoms with E-state index in [1.54, 1.807) is 0 Å². The van der Waals surface area contributed by atoms with Gasteiger partial charge in [-0.05, 0) is 84.0 Å². The molecule has 0 bridgehead atoms. The van der Waals surface area contributed by atoms with Crippen LogP contribution in [-0.2, 0) is 62.1 Å². The van der Waals surface area contributed by atoms with Crippen LogP contribution in [0.25, 0.3) is 0 Å². The molecule has 13 N–H and O–H groups in total. The van der Waals surface area contributed by atoms with Gasteiger partial charge in [0.05, 0.1) is 46.2 Å². The number of hydrogen-bond donors (Lipinski definition) is 12. The molecule has 0 aromatic rings. The number of rotatable bonds is 48. The Labute approximate surface area is 526 Å². The second-order valence-corrected chi connectivity index (χ2v) is 20.4. The van der Waals surface area contributed by atoms with Gasteiger partial charge in [0, 0.05) is 51.9 Å². The number of unbranched alkanes of at least 4 members (excludes halogenated alkanes) is 16. The Hall–Kier alpha value is -3.75. The Morgan fingerprint density at radius 2 is 1.07 bits per heavy atom. The average Bonchev–Trinajstić information content (AvgIpc) is 3.70. The molecule has 0 radical (unpaired) electrons. The molecule has 24 nitrogen and oxygen atoms in total. The molecule has 86 heavy (non-hydrogen) atoms. The molecule has 2 atom stereocenters. The number of thiol groups is 1. The second kappa shape index (κ2) is 85.5. The molecule has 0 saturated heterocycles. The Morgan fingerprint density at radius 1 is 0.628 bits per heavy atom. The number of carbonyl (C=O) groups excluding carboxylic acids is 7. The third-order valence-electron chi connectivity index (χ3n) is 11.8. The van der Waals surface area contributed by atoms with Gasteiger partial charge in [-0.1, -0.05) is 153 Å². The molecule has 1 fully saturated rings. The summed E-state index contributed by atoms with van der Waals surface area (Å²) < 4.78 is 22.8. The van der Waals surface area contributed by atoms with Crippen molar-refractivity contribution in [2.24, 2.45) is 23.3 Å². The monoisotopic (exact) mass is 1280 g/mol. The maximum absolute atomic E-state index is 12.5. The van der Waals surface area contributed by atoms with Crippen molar-refractivity contribution >= 4 is 76.2 Å². The fourth-order valence-electron chi connectivity index (χ4n) is 7.45. The van der Waals surface area contributed by atoms with E-state index in [-0.39, 0.29) is 56.2 Å². The molecule has 26 heteroatoms. The fourth-order valence-corrected chi connectivity index (χ4v) is 7.60. The first-order chi connectivity index (χ1) is 41.5. The van der Waals surface area contributed by atoms with Gasteiger partial charge in [0.1, 0.15) is 37.9 Å². The van der Waals surface area contributed by atoms with Gasteiger partial charge < -0.3 is 81.9 Å². The number of likely N-dealkylation sites (N-methyl/N-ethyl adjacent to an activating group) is 1. The number of carbonyl (C=O) groups is 9. The zero-order valence-corrected chi connectivity index (χ0v) is 56.5. The number of carboxylic acid groups (broad SMARTS) is 2. The molecule has 0 aromatic carbocycles. The summed E-state index contributed by atoms with van der Waals surface area (Å²) in [6.45, 7) is 15.9. The molecule has 0 spiro atoms. The van der Waals surface area contributed by atoms with Crippen LogP contribution in [0.4, 0.5) is 0 Å². The van der Waals surface area contributed by atoms with Crippen molar-refractivity contribution in [3.63, 3.8) is 0 Å². The minimum atomic E-state index is -1.12. The number of carboxylic acids is 2. The Bertz CT molecular complexity index is 1490. The summed E-state index contributed by atoms with van der Waals surface area (Å²) in [6.07, 6.45) is 27.2. The van der Waals surface area contributed by atoms with Crippen LogP contribution < -0.4 is 42.8 Å². The molecule has 0 aromatic heterocycles. The maximum atomic E-state index is 12.5. The summed E-state index contributed by atoms with van der Waals surface area (Å²) in [7, 11) is 6.73. The highest BCUT2D eigenvalue weighted by atomic mass is 32.1. The van der Waals surface area contributed by atoms with E-state index in [9.17, 15) is 43.5 Å². The molecule has 1 aliphatic carbocycles. The van der Waals surface area contributed by atoms with Crippen molar-refractivity contribution in [1.82, 2.24) is 31.3 Å². The summed E-state index contributed by atoms with van der Waals surface area (Å²) in [6, 6.07) is -0.0212. The number of aliphatic hydroxyl groups is 1. The molecule has 4 amide bonds. The van der Waals surface area contributed by atoms with Gasteiger partial charge in [0.2, 0.25) is 23.6 Å². The van der Waals surface area contributed by atoms with E-state index in [1.165, 1.54) is 83.5 Å². The lowest BCUT2D eigenvalue weighted by Crippen LogP contribution is -2.44. The molecule has 1 aliphatic rings. The van der Waals surface area contributed by atoms with Gasteiger partial charge in [0.25, 0.3) is 0 Å². The molecular weight excluding hydrogens is 1150 g/mol. The number of aldehydes is 2. The summed E-state index contributed by atoms with van der Waals surface area (Å²) in [5.41, 5.74) is 9.76. The zero-order valence-electron chi connectivity index (χ0n) is 54.4. The number of hydrogen-bond acceptors (Lipinski definition) is 19. The largest absolute Gasteiger partial charge is 0.481 e. The normalized spacial score (nSPS) is 12.9. The Balaban J connectivity index is -0.000000233. The molecule has 1 saturated carbocycles. The molecule has 0 heterocycles. The van der Waals surface area contributed by atoms with Crippen molar-refractivity contribution in [1.29, 1.82) is 0 Å². The molecule has 512 valence electrons. The number of aliphatic hydroxyl groups excluding tert-OH is 1. The maximum Gasteiger partial charge on any atom is 0.326 e. The quantitative estimate of drug-likeness (QED) is 0.0142. The van der Waals surface area contributed by atoms with Crippen molar-refractivity contribution in [2.75, 3.05) is 107 Å². The summed E-state index contributed by atoms with van der Waals surface area (Å²) in [5, 5.41) is 39.2. The summed E-state index contributed by atoms with van der Waals surface area (Å²) in [4.78, 5) is 96.8. The van der Waals surface area contributed by atoms with Gasteiger partial charge in [-0.2, -0.15) is 0 Å². The van der Waals surface area contributed by atoms with Gasteiger partial charge in [-0.15, -0.1) is 0 Å². The SMILES string of the molecule is CC.CC(C)N.CCCCNC.CNCCOCCOCC(=O)NCCOCCOCC=O.CO.NC(=O)CNS.O=CCCC(NC(=O)C1CCC(CNC(=O)CCCCCCCCCCCCCCCCCCC(=O)O)CC1)C(=O)O.O=CP. The third-order valence-corrected chi connectivity index (χ3v) is 12.0. The Kier molecular flexibility index (Phi) is 95.3. The summed E-state index contributed by atoms with van der Waals surface area (Å²) in [5.74, 6) is -2.39. The van der Waals surface area contributed by atoms with Gasteiger partial charge in [-0.3, -0.25) is 33.5 Å². The van der Waals surface area contributed by atoms with Crippen LogP contribution in [0, 0.1) is 11.8 Å². The smallest absolute Gasteiger partial charge is 0.326 e.